The Hall–Kier alpha value is -2.24. The Bertz CT molecular complexity index is 607. The minimum atomic E-state index is -0.847. The summed E-state index contributed by atoms with van der Waals surface area (Å²) in [7, 11) is 0. The molecule has 1 fully saturated rings. The lowest BCUT2D eigenvalue weighted by Gasteiger charge is -2.33. The number of aliphatic carboxylic acids is 1. The van der Waals surface area contributed by atoms with Crippen LogP contribution in [-0.2, 0) is 4.79 Å². The standard InChI is InChI=1S/C17H21NO5/c19-15(12-5-4-6-13-14(12)23-10-9-22-13)18-11-17(16(20)21)7-2-1-3-8-17/h4-6H,1-3,7-11H2,(H,18,19)(H,20,21). The topological polar surface area (TPSA) is 84.9 Å². The lowest BCUT2D eigenvalue weighted by Crippen LogP contribution is -2.44. The van der Waals surface area contributed by atoms with E-state index in [1.54, 1.807) is 18.2 Å². The van der Waals surface area contributed by atoms with Gasteiger partial charge < -0.3 is 19.9 Å². The molecule has 1 saturated carbocycles. The summed E-state index contributed by atoms with van der Waals surface area (Å²) in [6, 6.07) is 5.15. The van der Waals surface area contributed by atoms with E-state index in [2.05, 4.69) is 5.32 Å². The molecule has 6 nitrogen and oxygen atoms in total. The van der Waals surface area contributed by atoms with Gasteiger partial charge in [0, 0.05) is 6.54 Å². The van der Waals surface area contributed by atoms with E-state index in [4.69, 9.17) is 9.47 Å². The number of ether oxygens (including phenoxy) is 2. The fraction of sp³-hybridized carbons (Fsp3) is 0.529. The second-order valence-corrected chi connectivity index (χ2v) is 6.16. The van der Waals surface area contributed by atoms with Gasteiger partial charge >= 0.3 is 5.97 Å². The van der Waals surface area contributed by atoms with Crippen molar-refractivity contribution in [2.45, 2.75) is 32.1 Å². The molecule has 0 saturated heterocycles. The molecule has 0 atom stereocenters. The average molecular weight is 319 g/mol. The predicted molar refractivity (Wildman–Crippen MR) is 82.9 cm³/mol. The van der Waals surface area contributed by atoms with Crippen molar-refractivity contribution in [3.63, 3.8) is 0 Å². The molecular formula is C17H21NO5. The number of hydrogen-bond donors (Lipinski definition) is 2. The van der Waals surface area contributed by atoms with Crippen molar-refractivity contribution < 1.29 is 24.2 Å². The van der Waals surface area contributed by atoms with Crippen molar-refractivity contribution in [2.24, 2.45) is 5.41 Å². The monoisotopic (exact) mass is 319 g/mol. The SMILES string of the molecule is O=C(NCC1(C(=O)O)CCCCC1)c1cccc2c1OCCO2. The van der Waals surface area contributed by atoms with Gasteiger partial charge in [0.1, 0.15) is 13.2 Å². The van der Waals surface area contributed by atoms with Crippen LogP contribution in [0.25, 0.3) is 0 Å². The maximum Gasteiger partial charge on any atom is 0.311 e. The Kier molecular flexibility index (Phi) is 4.41. The number of fused-ring (bicyclic) bond motifs is 1. The Morgan fingerprint density at radius 2 is 1.87 bits per heavy atom. The van der Waals surface area contributed by atoms with Gasteiger partial charge in [0.25, 0.3) is 5.91 Å². The molecule has 1 aromatic rings. The number of carboxylic acid groups (broad SMARTS) is 1. The molecule has 0 spiro atoms. The summed E-state index contributed by atoms with van der Waals surface area (Å²) in [6.07, 6.45) is 4.05. The molecule has 3 rings (SSSR count). The number of carbonyl (C=O) groups excluding carboxylic acids is 1. The number of nitrogens with one attached hydrogen (secondary N) is 1. The maximum absolute atomic E-state index is 12.5. The maximum atomic E-state index is 12.5. The first-order chi connectivity index (χ1) is 11.1. The predicted octanol–water partition coefficient (Wildman–Crippen LogP) is 2.22. The number of amides is 1. The van der Waals surface area contributed by atoms with Crippen LogP contribution in [0.2, 0.25) is 0 Å². The van der Waals surface area contributed by atoms with Crippen molar-refractivity contribution in [3.05, 3.63) is 23.8 Å². The molecule has 6 heteroatoms. The smallest absolute Gasteiger partial charge is 0.311 e. The van der Waals surface area contributed by atoms with E-state index < -0.39 is 11.4 Å². The Morgan fingerprint density at radius 1 is 1.13 bits per heavy atom. The lowest BCUT2D eigenvalue weighted by molar-refractivity contribution is -0.150. The van der Waals surface area contributed by atoms with Gasteiger partial charge in [-0.25, -0.2) is 0 Å². The molecule has 23 heavy (non-hydrogen) atoms. The molecule has 1 aliphatic heterocycles. The second kappa shape index (κ2) is 6.48. The molecule has 1 aliphatic carbocycles. The van der Waals surface area contributed by atoms with Gasteiger partial charge in [0.15, 0.2) is 11.5 Å². The summed E-state index contributed by atoms with van der Waals surface area (Å²) < 4.78 is 11.0. The highest BCUT2D eigenvalue weighted by molar-refractivity contribution is 5.98. The highest BCUT2D eigenvalue weighted by Gasteiger charge is 2.40. The van der Waals surface area contributed by atoms with Gasteiger partial charge in [0.2, 0.25) is 0 Å². The van der Waals surface area contributed by atoms with Crippen LogP contribution in [0.4, 0.5) is 0 Å². The number of carbonyl (C=O) groups is 2. The molecular weight excluding hydrogens is 298 g/mol. The molecule has 0 unspecified atom stereocenters. The molecule has 1 heterocycles. The van der Waals surface area contributed by atoms with Crippen LogP contribution in [0.1, 0.15) is 42.5 Å². The minimum Gasteiger partial charge on any atom is -0.486 e. The summed E-state index contributed by atoms with van der Waals surface area (Å²) in [4.78, 5) is 24.1. The zero-order valence-electron chi connectivity index (χ0n) is 13.0. The van der Waals surface area contributed by atoms with Gasteiger partial charge in [-0.15, -0.1) is 0 Å². The van der Waals surface area contributed by atoms with Crippen LogP contribution in [0.5, 0.6) is 11.5 Å². The lowest BCUT2D eigenvalue weighted by atomic mass is 9.74. The van der Waals surface area contributed by atoms with E-state index in [0.29, 0.717) is 43.1 Å². The third-order valence-corrected chi connectivity index (χ3v) is 4.66. The zero-order chi connectivity index (χ0) is 16.3. The number of rotatable bonds is 4. The highest BCUT2D eigenvalue weighted by Crippen LogP contribution is 2.37. The first-order valence-corrected chi connectivity index (χ1v) is 8.03. The van der Waals surface area contributed by atoms with Crippen molar-refractivity contribution >= 4 is 11.9 Å². The van der Waals surface area contributed by atoms with E-state index in [1.807, 2.05) is 0 Å². The van der Waals surface area contributed by atoms with Gasteiger partial charge in [-0.05, 0) is 25.0 Å². The summed E-state index contributed by atoms with van der Waals surface area (Å²) in [6.45, 7) is 1.00. The van der Waals surface area contributed by atoms with Gasteiger partial charge in [-0.3, -0.25) is 9.59 Å². The first-order valence-electron chi connectivity index (χ1n) is 8.03. The van der Waals surface area contributed by atoms with Crippen LogP contribution >= 0.6 is 0 Å². The van der Waals surface area contributed by atoms with E-state index in [9.17, 15) is 14.7 Å². The van der Waals surface area contributed by atoms with Crippen LogP contribution in [0, 0.1) is 5.41 Å². The third-order valence-electron chi connectivity index (χ3n) is 4.66. The Labute approximate surface area is 134 Å². The van der Waals surface area contributed by atoms with Crippen molar-refractivity contribution in [1.29, 1.82) is 0 Å². The molecule has 124 valence electrons. The average Bonchev–Trinajstić information content (AvgIpc) is 2.60. The third kappa shape index (κ3) is 3.11. The Morgan fingerprint density at radius 3 is 2.61 bits per heavy atom. The number of benzene rings is 1. The summed E-state index contributed by atoms with van der Waals surface area (Å²) in [5.74, 6) is -0.162. The van der Waals surface area contributed by atoms with E-state index in [1.165, 1.54) is 0 Å². The van der Waals surface area contributed by atoms with Gasteiger partial charge in [-0.1, -0.05) is 25.3 Å². The number of para-hydroxylation sites is 1. The summed E-state index contributed by atoms with van der Waals surface area (Å²) in [5.41, 5.74) is -0.460. The zero-order valence-corrected chi connectivity index (χ0v) is 13.0. The molecule has 0 radical (unpaired) electrons. The molecule has 2 aliphatic rings. The van der Waals surface area contributed by atoms with E-state index in [0.717, 1.165) is 19.3 Å². The largest absolute Gasteiger partial charge is 0.486 e. The van der Waals surface area contributed by atoms with Crippen LogP contribution < -0.4 is 14.8 Å². The van der Waals surface area contributed by atoms with E-state index >= 15 is 0 Å². The minimum absolute atomic E-state index is 0.145. The van der Waals surface area contributed by atoms with Gasteiger partial charge in [-0.2, -0.15) is 0 Å². The normalized spacial score (nSPS) is 19.0. The summed E-state index contributed by atoms with van der Waals surface area (Å²) in [5, 5.41) is 12.4. The van der Waals surface area contributed by atoms with Crippen molar-refractivity contribution in [1.82, 2.24) is 5.32 Å². The molecule has 0 aromatic heterocycles. The number of carboxylic acids is 1. The molecule has 0 bridgehead atoms. The van der Waals surface area contributed by atoms with Crippen LogP contribution in [-0.4, -0.2) is 36.7 Å². The van der Waals surface area contributed by atoms with E-state index in [-0.39, 0.29) is 12.5 Å². The van der Waals surface area contributed by atoms with Crippen molar-refractivity contribution in [2.75, 3.05) is 19.8 Å². The highest BCUT2D eigenvalue weighted by atomic mass is 16.6. The molecule has 1 aromatic carbocycles. The first kappa shape index (κ1) is 15.6. The van der Waals surface area contributed by atoms with Gasteiger partial charge in [0.05, 0.1) is 11.0 Å². The quantitative estimate of drug-likeness (QED) is 0.889. The number of hydrogen-bond acceptors (Lipinski definition) is 4. The fourth-order valence-corrected chi connectivity index (χ4v) is 3.29. The molecule has 1 amide bonds. The molecule has 2 N–H and O–H groups in total. The second-order valence-electron chi connectivity index (χ2n) is 6.16. The van der Waals surface area contributed by atoms with Crippen LogP contribution in [0.3, 0.4) is 0 Å². The summed E-state index contributed by atoms with van der Waals surface area (Å²) >= 11 is 0. The van der Waals surface area contributed by atoms with Crippen LogP contribution in [0.15, 0.2) is 18.2 Å². The van der Waals surface area contributed by atoms with Crippen molar-refractivity contribution in [3.8, 4) is 11.5 Å². The Balaban J connectivity index is 1.73. The fourth-order valence-electron chi connectivity index (χ4n) is 3.29.